The molecule has 17 heavy (non-hydrogen) atoms. The Bertz CT molecular complexity index is 255. The Labute approximate surface area is 106 Å². The number of aryl methyl sites for hydroxylation is 1. The molecule has 1 aromatic carbocycles. The molecule has 1 rings (SSSR count). The average molecular weight is 233 g/mol. The fourth-order valence-electron chi connectivity index (χ4n) is 2.06. The minimum atomic E-state index is 0.813. The summed E-state index contributed by atoms with van der Waals surface area (Å²) in [6.07, 6.45) is 10.4. The summed E-state index contributed by atoms with van der Waals surface area (Å²) in [4.78, 5) is 0. The van der Waals surface area contributed by atoms with Crippen molar-refractivity contribution in [2.24, 2.45) is 0 Å². The predicted octanol–water partition coefficient (Wildman–Crippen LogP) is 4.77. The van der Waals surface area contributed by atoms with Crippen LogP contribution in [0.3, 0.4) is 0 Å². The lowest BCUT2D eigenvalue weighted by molar-refractivity contribution is 0.233. The fraction of sp³-hybridized carbons (Fsp3) is 0.562. The van der Waals surface area contributed by atoms with E-state index in [1.807, 2.05) is 0 Å². The quantitative estimate of drug-likeness (QED) is 0.529. The first-order chi connectivity index (χ1) is 8.43. The van der Waals surface area contributed by atoms with Crippen LogP contribution in [0.1, 0.15) is 50.5 Å². The van der Waals surface area contributed by atoms with Crippen molar-refractivity contribution in [3.05, 3.63) is 43.0 Å². The van der Waals surface area contributed by atoms with Crippen molar-refractivity contribution in [1.82, 2.24) is 0 Å². The Kier molecular flexibility index (Phi) is 8.66. The molecule has 95 valence electrons. The van der Waals surface area contributed by atoms with Crippen LogP contribution in [0.2, 0.25) is 0 Å². The minimum absolute atomic E-state index is 0.813. The highest BCUT2D eigenvalue weighted by molar-refractivity contribution is 5.14. The van der Waals surface area contributed by atoms with Gasteiger partial charge in [0.05, 0.1) is 7.11 Å². The van der Waals surface area contributed by atoms with Crippen LogP contribution in [0.5, 0.6) is 0 Å². The van der Waals surface area contributed by atoms with Gasteiger partial charge in [-0.15, -0.1) is 0 Å². The molecular formula is C16H25O. The molecule has 0 spiro atoms. The molecule has 0 saturated carbocycles. The van der Waals surface area contributed by atoms with E-state index in [4.69, 9.17) is 4.74 Å². The molecular weight excluding hydrogens is 208 g/mol. The standard InChI is InChI=1S/C16H25O/c1-17-15-11-6-4-2-3-5-8-12-16-13-9-7-10-14-16/h7,9-10,13-14H,1-6,8,11-12,15H2. The number of benzene rings is 1. The summed E-state index contributed by atoms with van der Waals surface area (Å²) in [5, 5.41) is 0. The van der Waals surface area contributed by atoms with Crippen molar-refractivity contribution in [2.45, 2.75) is 51.4 Å². The van der Waals surface area contributed by atoms with Gasteiger partial charge in [-0.25, -0.2) is 0 Å². The van der Waals surface area contributed by atoms with Gasteiger partial charge in [-0.3, -0.25) is 0 Å². The van der Waals surface area contributed by atoms with Gasteiger partial charge in [-0.1, -0.05) is 62.4 Å². The van der Waals surface area contributed by atoms with Crippen molar-refractivity contribution < 1.29 is 4.74 Å². The van der Waals surface area contributed by atoms with Gasteiger partial charge < -0.3 is 4.74 Å². The van der Waals surface area contributed by atoms with E-state index in [1.54, 1.807) is 0 Å². The van der Waals surface area contributed by atoms with Gasteiger partial charge in [0.25, 0.3) is 0 Å². The van der Waals surface area contributed by atoms with Crippen molar-refractivity contribution in [3.63, 3.8) is 0 Å². The second-order valence-corrected chi connectivity index (χ2v) is 4.62. The Morgan fingerprint density at radius 2 is 1.35 bits per heavy atom. The van der Waals surface area contributed by atoms with Gasteiger partial charge in [0, 0.05) is 6.61 Å². The lowest BCUT2D eigenvalue weighted by Gasteiger charge is -2.02. The van der Waals surface area contributed by atoms with Crippen LogP contribution in [-0.4, -0.2) is 6.61 Å². The van der Waals surface area contributed by atoms with E-state index < -0.39 is 0 Å². The third-order valence-corrected chi connectivity index (χ3v) is 3.10. The molecule has 0 unspecified atom stereocenters. The zero-order chi connectivity index (χ0) is 12.2. The summed E-state index contributed by atoms with van der Waals surface area (Å²) in [7, 11) is 3.37. The Morgan fingerprint density at radius 3 is 2.00 bits per heavy atom. The van der Waals surface area contributed by atoms with E-state index in [-0.39, 0.29) is 0 Å². The maximum Gasteiger partial charge on any atom is 0.0700 e. The van der Waals surface area contributed by atoms with Gasteiger partial charge >= 0.3 is 0 Å². The number of hydrogen-bond acceptors (Lipinski definition) is 1. The molecule has 0 heterocycles. The summed E-state index contributed by atoms with van der Waals surface area (Å²) < 4.78 is 4.79. The van der Waals surface area contributed by atoms with E-state index >= 15 is 0 Å². The summed E-state index contributed by atoms with van der Waals surface area (Å²) in [6.45, 7) is 0.813. The second kappa shape index (κ2) is 10.3. The van der Waals surface area contributed by atoms with Gasteiger partial charge in [0.1, 0.15) is 0 Å². The SMILES string of the molecule is [CH2]OCCCCCCCCCc1ccccc1. The van der Waals surface area contributed by atoms with Crippen LogP contribution < -0.4 is 0 Å². The molecule has 0 fully saturated rings. The highest BCUT2D eigenvalue weighted by Crippen LogP contribution is 2.10. The van der Waals surface area contributed by atoms with Crippen LogP contribution >= 0.6 is 0 Å². The molecule has 1 nitrogen and oxygen atoms in total. The van der Waals surface area contributed by atoms with Gasteiger partial charge in [-0.2, -0.15) is 0 Å². The maximum atomic E-state index is 4.79. The summed E-state index contributed by atoms with van der Waals surface area (Å²) in [5.74, 6) is 0. The fourth-order valence-corrected chi connectivity index (χ4v) is 2.06. The zero-order valence-electron chi connectivity index (χ0n) is 10.9. The van der Waals surface area contributed by atoms with E-state index in [2.05, 4.69) is 37.4 Å². The molecule has 0 N–H and O–H groups in total. The van der Waals surface area contributed by atoms with Gasteiger partial charge in [0.2, 0.25) is 0 Å². The third-order valence-electron chi connectivity index (χ3n) is 3.10. The van der Waals surface area contributed by atoms with Crippen molar-refractivity contribution >= 4 is 0 Å². The molecule has 1 heteroatoms. The van der Waals surface area contributed by atoms with Crippen LogP contribution in [0, 0.1) is 7.11 Å². The summed E-state index contributed by atoms with van der Waals surface area (Å²) in [5.41, 5.74) is 1.47. The molecule has 1 aromatic rings. The first kappa shape index (κ1) is 14.2. The molecule has 0 amide bonds. The average Bonchev–Trinajstić information content (AvgIpc) is 2.38. The van der Waals surface area contributed by atoms with E-state index in [0.29, 0.717) is 0 Å². The largest absolute Gasteiger partial charge is 0.379 e. The lowest BCUT2D eigenvalue weighted by Crippen LogP contribution is -1.88. The molecule has 0 aliphatic rings. The zero-order valence-corrected chi connectivity index (χ0v) is 10.9. The number of hydrogen-bond donors (Lipinski definition) is 0. The number of ether oxygens (including phenoxy) is 1. The Morgan fingerprint density at radius 1 is 0.765 bits per heavy atom. The van der Waals surface area contributed by atoms with E-state index in [9.17, 15) is 0 Å². The highest BCUT2D eigenvalue weighted by atomic mass is 16.5. The molecule has 1 radical (unpaired) electrons. The lowest BCUT2D eigenvalue weighted by atomic mass is 10.0. The van der Waals surface area contributed by atoms with Crippen LogP contribution in [0.4, 0.5) is 0 Å². The summed E-state index contributed by atoms with van der Waals surface area (Å²) >= 11 is 0. The first-order valence-corrected chi connectivity index (χ1v) is 6.84. The monoisotopic (exact) mass is 233 g/mol. The van der Waals surface area contributed by atoms with Crippen LogP contribution in [0.15, 0.2) is 30.3 Å². The topological polar surface area (TPSA) is 9.23 Å². The van der Waals surface area contributed by atoms with Crippen LogP contribution in [-0.2, 0) is 11.2 Å². The number of rotatable bonds is 10. The van der Waals surface area contributed by atoms with Crippen LogP contribution in [0.25, 0.3) is 0 Å². The van der Waals surface area contributed by atoms with E-state index in [0.717, 1.165) is 13.0 Å². The maximum absolute atomic E-state index is 4.79. The molecule has 0 bridgehead atoms. The molecule has 0 saturated heterocycles. The Balaban J connectivity index is 1.85. The van der Waals surface area contributed by atoms with Gasteiger partial charge in [-0.05, 0) is 24.8 Å². The van der Waals surface area contributed by atoms with E-state index in [1.165, 1.54) is 50.5 Å². The molecule has 0 aliphatic carbocycles. The third kappa shape index (κ3) is 7.98. The van der Waals surface area contributed by atoms with Crippen molar-refractivity contribution in [1.29, 1.82) is 0 Å². The highest BCUT2D eigenvalue weighted by Gasteiger charge is 1.93. The van der Waals surface area contributed by atoms with Crippen molar-refractivity contribution in [2.75, 3.05) is 6.61 Å². The molecule has 0 aromatic heterocycles. The van der Waals surface area contributed by atoms with Gasteiger partial charge in [0.15, 0.2) is 0 Å². The second-order valence-electron chi connectivity index (χ2n) is 4.62. The minimum Gasteiger partial charge on any atom is -0.379 e. The Hall–Kier alpha value is -0.820. The molecule has 0 atom stereocenters. The smallest absolute Gasteiger partial charge is 0.0700 e. The normalized spacial score (nSPS) is 10.6. The number of unbranched alkanes of at least 4 members (excludes halogenated alkanes) is 6. The predicted molar refractivity (Wildman–Crippen MR) is 73.8 cm³/mol. The first-order valence-electron chi connectivity index (χ1n) is 6.84. The summed E-state index contributed by atoms with van der Waals surface area (Å²) in [6, 6.07) is 10.8. The van der Waals surface area contributed by atoms with Crippen molar-refractivity contribution in [3.8, 4) is 0 Å². The molecule has 0 aliphatic heterocycles.